The summed E-state index contributed by atoms with van der Waals surface area (Å²) in [6.07, 6.45) is 0. The van der Waals surface area contributed by atoms with Gasteiger partial charge in [-0.3, -0.25) is 0 Å². The van der Waals surface area contributed by atoms with Crippen molar-refractivity contribution in [2.75, 3.05) is 7.11 Å². The van der Waals surface area contributed by atoms with E-state index in [-0.39, 0.29) is 0 Å². The first-order valence-corrected chi connectivity index (χ1v) is 5.97. The molecule has 0 spiro atoms. The summed E-state index contributed by atoms with van der Waals surface area (Å²) in [6, 6.07) is 0. The van der Waals surface area contributed by atoms with Gasteiger partial charge in [0.15, 0.2) is 46.5 Å². The Kier molecular flexibility index (Phi) is 4.32. The fraction of sp³-hybridized carbons (Fsp3) is 0.143. The summed E-state index contributed by atoms with van der Waals surface area (Å²) < 4.78 is 101. The molecule has 0 saturated heterocycles. The van der Waals surface area contributed by atoms with E-state index in [4.69, 9.17) is 7.85 Å². The van der Waals surface area contributed by atoms with Gasteiger partial charge >= 0.3 is 0 Å². The molecule has 0 aliphatic carbocycles. The van der Waals surface area contributed by atoms with Gasteiger partial charge in [0.05, 0.1) is 18.2 Å². The van der Waals surface area contributed by atoms with Gasteiger partial charge in [0.2, 0.25) is 0 Å². The fourth-order valence-corrected chi connectivity index (χ4v) is 2.03. The van der Waals surface area contributed by atoms with Crippen molar-refractivity contribution in [3.63, 3.8) is 0 Å². The van der Waals surface area contributed by atoms with E-state index in [1.165, 1.54) is 0 Å². The lowest BCUT2D eigenvalue weighted by molar-refractivity contribution is 0.379. The van der Waals surface area contributed by atoms with Crippen molar-refractivity contribution in [2.45, 2.75) is 6.92 Å². The van der Waals surface area contributed by atoms with Crippen molar-refractivity contribution < 1.29 is 35.5 Å². The van der Waals surface area contributed by atoms with E-state index in [1.807, 2.05) is 0 Å². The van der Waals surface area contributed by atoms with Crippen molar-refractivity contribution in [1.29, 1.82) is 0 Å². The number of hydrogen-bond donors (Lipinski definition) is 0. The Balaban J connectivity index is 3.06. The Bertz CT molecular complexity index is 791. The lowest BCUT2D eigenvalue weighted by Gasteiger charge is -2.16. The minimum Gasteiger partial charge on any atom is -0.493 e. The van der Waals surface area contributed by atoms with Gasteiger partial charge in [0.25, 0.3) is 0 Å². The largest absolute Gasteiger partial charge is 0.493 e. The van der Waals surface area contributed by atoms with E-state index in [9.17, 15) is 30.7 Å². The van der Waals surface area contributed by atoms with Gasteiger partial charge < -0.3 is 4.74 Å². The Morgan fingerprint density at radius 2 is 1.09 bits per heavy atom. The summed E-state index contributed by atoms with van der Waals surface area (Å²) in [5.74, 6) is -14.6. The van der Waals surface area contributed by atoms with Crippen molar-refractivity contribution in [2.24, 2.45) is 0 Å². The monoisotopic (exact) mass is 334 g/mol. The predicted molar refractivity (Wildman–Crippen MR) is 68.3 cm³/mol. The van der Waals surface area contributed by atoms with E-state index in [0.717, 1.165) is 14.0 Å². The van der Waals surface area contributed by atoms with E-state index >= 15 is 0 Å². The zero-order chi connectivity index (χ0) is 17.6. The second-order valence-corrected chi connectivity index (χ2v) is 4.52. The van der Waals surface area contributed by atoms with Crippen molar-refractivity contribution in [1.82, 2.24) is 0 Å². The van der Waals surface area contributed by atoms with E-state index in [1.54, 1.807) is 0 Å². The molecular weight excluding hydrogens is 328 g/mol. The maximum Gasteiger partial charge on any atom is 0.170 e. The molecule has 2 radical (unpaired) electrons. The molecule has 2 aromatic rings. The molecular formula is C14H6BF7O. The van der Waals surface area contributed by atoms with E-state index < -0.39 is 68.6 Å². The molecule has 0 unspecified atom stereocenters. The number of methoxy groups -OCH3 is 1. The first-order chi connectivity index (χ1) is 10.6. The van der Waals surface area contributed by atoms with Gasteiger partial charge in [-0.1, -0.05) is 0 Å². The van der Waals surface area contributed by atoms with Gasteiger partial charge in [0.1, 0.15) is 7.85 Å². The molecule has 23 heavy (non-hydrogen) atoms. The quantitative estimate of drug-likeness (QED) is 0.465. The average Bonchev–Trinajstić information content (AvgIpc) is 2.54. The Morgan fingerprint density at radius 3 is 1.52 bits per heavy atom. The van der Waals surface area contributed by atoms with Crippen LogP contribution in [0.25, 0.3) is 11.1 Å². The summed E-state index contributed by atoms with van der Waals surface area (Å²) >= 11 is 0. The minimum atomic E-state index is -2.03. The highest BCUT2D eigenvalue weighted by Crippen LogP contribution is 2.40. The summed E-state index contributed by atoms with van der Waals surface area (Å²) in [7, 11) is 5.73. The Labute approximate surface area is 127 Å². The highest BCUT2D eigenvalue weighted by molar-refractivity contribution is 6.33. The van der Waals surface area contributed by atoms with Crippen LogP contribution < -0.4 is 10.2 Å². The van der Waals surface area contributed by atoms with Crippen LogP contribution in [0, 0.1) is 47.6 Å². The molecule has 0 N–H and O–H groups in total. The van der Waals surface area contributed by atoms with Crippen LogP contribution in [-0.4, -0.2) is 15.0 Å². The molecule has 0 fully saturated rings. The van der Waals surface area contributed by atoms with Gasteiger partial charge in [-0.2, -0.15) is 0 Å². The molecule has 0 heterocycles. The van der Waals surface area contributed by atoms with Crippen molar-refractivity contribution >= 4 is 13.3 Å². The van der Waals surface area contributed by atoms with Crippen LogP contribution in [0.4, 0.5) is 30.7 Å². The number of ether oxygens (including phenoxy) is 1. The van der Waals surface area contributed by atoms with Crippen LogP contribution in [-0.2, 0) is 0 Å². The van der Waals surface area contributed by atoms with Gasteiger partial charge in [0, 0.05) is 5.56 Å². The molecule has 0 bridgehead atoms. The van der Waals surface area contributed by atoms with Crippen LogP contribution >= 0.6 is 0 Å². The maximum atomic E-state index is 14.0. The van der Waals surface area contributed by atoms with Crippen LogP contribution in [0.15, 0.2) is 0 Å². The Hall–Kier alpha value is -2.19. The molecule has 0 aromatic heterocycles. The van der Waals surface area contributed by atoms with Gasteiger partial charge in [-0.25, -0.2) is 30.7 Å². The smallest absolute Gasteiger partial charge is 0.170 e. The van der Waals surface area contributed by atoms with Crippen LogP contribution in [0.1, 0.15) is 5.56 Å². The second kappa shape index (κ2) is 5.79. The third kappa shape index (κ3) is 2.34. The van der Waals surface area contributed by atoms with Crippen molar-refractivity contribution in [3.8, 4) is 16.9 Å². The molecule has 0 atom stereocenters. The molecule has 0 aliphatic heterocycles. The van der Waals surface area contributed by atoms with Gasteiger partial charge in [-0.05, 0) is 12.4 Å². The zero-order valence-electron chi connectivity index (χ0n) is 11.6. The van der Waals surface area contributed by atoms with E-state index in [0.29, 0.717) is 0 Å². The normalized spacial score (nSPS) is 11.0. The Morgan fingerprint density at radius 1 is 0.652 bits per heavy atom. The molecule has 120 valence electrons. The fourth-order valence-electron chi connectivity index (χ4n) is 2.03. The first-order valence-electron chi connectivity index (χ1n) is 5.97. The minimum absolute atomic E-state index is 0.734. The number of halogens is 7. The van der Waals surface area contributed by atoms with Crippen LogP contribution in [0.5, 0.6) is 5.75 Å². The summed E-state index contributed by atoms with van der Waals surface area (Å²) in [4.78, 5) is 0. The number of rotatable bonds is 2. The lowest BCUT2D eigenvalue weighted by atomic mass is 9.89. The molecule has 0 saturated carbocycles. The highest BCUT2D eigenvalue weighted by Gasteiger charge is 2.32. The van der Waals surface area contributed by atoms with Crippen LogP contribution in [0.2, 0.25) is 0 Å². The molecule has 0 amide bonds. The summed E-state index contributed by atoms with van der Waals surface area (Å²) in [6.45, 7) is 0.734. The SMILES string of the molecule is [B]c1c(F)c(F)c(-c2c(F)c(F)c(C)c(F)c2F)c(OC)c1F. The average molecular weight is 334 g/mol. The molecule has 9 heteroatoms. The molecule has 2 aromatic carbocycles. The summed E-state index contributed by atoms with van der Waals surface area (Å²) in [5.41, 5.74) is -5.42. The topological polar surface area (TPSA) is 9.23 Å². The van der Waals surface area contributed by atoms with Crippen molar-refractivity contribution in [3.05, 3.63) is 46.3 Å². The first kappa shape index (κ1) is 17.2. The van der Waals surface area contributed by atoms with Crippen LogP contribution in [0.3, 0.4) is 0 Å². The second-order valence-electron chi connectivity index (χ2n) is 4.52. The third-order valence-corrected chi connectivity index (χ3v) is 3.25. The molecule has 0 aliphatic rings. The standard InChI is InChI=1S/C14H6BF7O/c1-3-7(16)9(18)4(10(19)8(3)17)5-11(20)12(21)6(15)13(22)14(5)23-2/h1-2H3. The number of benzene rings is 2. The lowest BCUT2D eigenvalue weighted by Crippen LogP contribution is -2.19. The third-order valence-electron chi connectivity index (χ3n) is 3.25. The molecule has 2 rings (SSSR count). The number of hydrogen-bond acceptors (Lipinski definition) is 1. The maximum absolute atomic E-state index is 14.0. The summed E-state index contributed by atoms with van der Waals surface area (Å²) in [5, 5.41) is 0. The van der Waals surface area contributed by atoms with Gasteiger partial charge in [-0.15, -0.1) is 0 Å². The molecule has 1 nitrogen and oxygen atoms in total. The highest BCUT2D eigenvalue weighted by atomic mass is 19.2. The zero-order valence-corrected chi connectivity index (χ0v) is 11.6. The predicted octanol–water partition coefficient (Wildman–Crippen LogP) is 3.44. The van der Waals surface area contributed by atoms with E-state index in [2.05, 4.69) is 4.74 Å².